The smallest absolute Gasteiger partial charge is 0.338 e. The van der Waals surface area contributed by atoms with Crippen molar-refractivity contribution in [3.63, 3.8) is 0 Å². The molecule has 0 unspecified atom stereocenters. The summed E-state index contributed by atoms with van der Waals surface area (Å²) in [6.45, 7) is 0.657. The molecule has 1 heterocycles. The molecule has 2 aromatic carbocycles. The highest BCUT2D eigenvalue weighted by Gasteiger charge is 2.26. The Bertz CT molecular complexity index is 866. The van der Waals surface area contributed by atoms with Gasteiger partial charge >= 0.3 is 5.97 Å². The Morgan fingerprint density at radius 3 is 2.65 bits per heavy atom. The number of esters is 1. The second-order valence-corrected chi connectivity index (χ2v) is 6.25. The summed E-state index contributed by atoms with van der Waals surface area (Å²) in [5.74, 6) is -0.328. The van der Waals surface area contributed by atoms with E-state index in [2.05, 4.69) is 6.07 Å². The number of anilines is 1. The maximum absolute atomic E-state index is 12.8. The third-order valence-electron chi connectivity index (χ3n) is 4.67. The highest BCUT2D eigenvalue weighted by atomic mass is 16.5. The number of rotatable bonds is 4. The van der Waals surface area contributed by atoms with Crippen LogP contribution in [0.1, 0.15) is 39.9 Å². The summed E-state index contributed by atoms with van der Waals surface area (Å²) < 4.78 is 4.86. The Kier molecular flexibility index (Phi) is 5.33. The van der Waals surface area contributed by atoms with Crippen molar-refractivity contribution in [2.45, 2.75) is 25.7 Å². The van der Waals surface area contributed by atoms with E-state index in [0.717, 1.165) is 29.7 Å². The average Bonchev–Trinajstić information content (AvgIpc) is 2.70. The lowest BCUT2D eigenvalue weighted by Gasteiger charge is -2.30. The molecule has 0 spiro atoms. The lowest BCUT2D eigenvalue weighted by molar-refractivity contribution is -0.118. The Morgan fingerprint density at radius 2 is 1.96 bits per heavy atom. The molecule has 2 aromatic rings. The van der Waals surface area contributed by atoms with Gasteiger partial charge in [-0.2, -0.15) is 5.26 Å². The molecular formula is C21H20N2O3. The van der Waals surface area contributed by atoms with Crippen LogP contribution < -0.4 is 4.90 Å². The molecule has 5 nitrogen and oxygen atoms in total. The van der Waals surface area contributed by atoms with Crippen LogP contribution in [0, 0.1) is 11.3 Å². The molecule has 0 fully saturated rings. The van der Waals surface area contributed by atoms with E-state index in [1.807, 2.05) is 18.2 Å². The molecular weight excluding hydrogens is 328 g/mol. The molecule has 1 aliphatic rings. The van der Waals surface area contributed by atoms with Gasteiger partial charge in [-0.05, 0) is 54.7 Å². The second kappa shape index (κ2) is 7.83. The maximum Gasteiger partial charge on any atom is 0.338 e. The molecule has 132 valence electrons. The Hall–Kier alpha value is -3.13. The number of nitriles is 1. The minimum Gasteiger partial charge on any atom is -0.465 e. The molecule has 0 bridgehead atoms. The van der Waals surface area contributed by atoms with Gasteiger partial charge in [0.05, 0.1) is 24.3 Å². The molecule has 0 saturated carbocycles. The van der Waals surface area contributed by atoms with Gasteiger partial charge in [-0.1, -0.05) is 18.2 Å². The van der Waals surface area contributed by atoms with E-state index in [1.54, 1.807) is 29.2 Å². The fourth-order valence-electron chi connectivity index (χ4n) is 3.32. The number of carbonyl (C=O) groups is 2. The maximum atomic E-state index is 12.8. The van der Waals surface area contributed by atoms with Crippen LogP contribution in [0.2, 0.25) is 0 Å². The van der Waals surface area contributed by atoms with Gasteiger partial charge in [0.1, 0.15) is 0 Å². The number of hydrogen-bond donors (Lipinski definition) is 0. The van der Waals surface area contributed by atoms with Gasteiger partial charge in [-0.15, -0.1) is 0 Å². The molecule has 0 N–H and O–H groups in total. The number of nitrogens with zero attached hydrogens (tertiary/aromatic N) is 2. The van der Waals surface area contributed by atoms with Gasteiger partial charge in [0.2, 0.25) is 5.91 Å². The molecule has 0 saturated heterocycles. The zero-order chi connectivity index (χ0) is 18.5. The normalized spacial score (nSPS) is 12.8. The summed E-state index contributed by atoms with van der Waals surface area (Å²) in [6, 6.07) is 14.8. The van der Waals surface area contributed by atoms with Crippen molar-refractivity contribution in [3.05, 3.63) is 64.7 Å². The predicted molar refractivity (Wildman–Crippen MR) is 97.9 cm³/mol. The van der Waals surface area contributed by atoms with Crippen molar-refractivity contribution in [1.82, 2.24) is 0 Å². The van der Waals surface area contributed by atoms with Crippen LogP contribution in [0.4, 0.5) is 5.69 Å². The molecule has 0 aliphatic carbocycles. The Balaban J connectivity index is 1.75. The van der Waals surface area contributed by atoms with Crippen LogP contribution in [0.25, 0.3) is 0 Å². The van der Waals surface area contributed by atoms with E-state index < -0.39 is 0 Å². The molecule has 0 atom stereocenters. The van der Waals surface area contributed by atoms with Crippen LogP contribution >= 0.6 is 0 Å². The Morgan fingerprint density at radius 1 is 1.19 bits per heavy atom. The first kappa shape index (κ1) is 17.7. The minimum absolute atomic E-state index is 0.0392. The standard InChI is InChI=1S/C21H20N2O3/c1-26-21(25)18-4-2-6-19-17(18)5-3-13-23(19)20(24)12-11-15-7-9-16(14-22)10-8-15/h2,4,6-10H,3,5,11-13H2,1H3. The van der Waals surface area contributed by atoms with Gasteiger partial charge in [-0.25, -0.2) is 4.79 Å². The average molecular weight is 348 g/mol. The number of fused-ring (bicyclic) bond motifs is 1. The monoisotopic (exact) mass is 348 g/mol. The largest absolute Gasteiger partial charge is 0.465 e. The summed E-state index contributed by atoms with van der Waals surface area (Å²) >= 11 is 0. The molecule has 26 heavy (non-hydrogen) atoms. The third-order valence-corrected chi connectivity index (χ3v) is 4.67. The first-order valence-corrected chi connectivity index (χ1v) is 8.63. The van der Waals surface area contributed by atoms with Crippen LogP contribution in [0.3, 0.4) is 0 Å². The van der Waals surface area contributed by atoms with Crippen LogP contribution in [-0.2, 0) is 22.4 Å². The molecule has 5 heteroatoms. The number of benzene rings is 2. The van der Waals surface area contributed by atoms with Crippen molar-refractivity contribution in [2.75, 3.05) is 18.6 Å². The molecule has 3 rings (SSSR count). The van der Waals surface area contributed by atoms with E-state index >= 15 is 0 Å². The van der Waals surface area contributed by atoms with Crippen LogP contribution in [0.15, 0.2) is 42.5 Å². The summed E-state index contributed by atoms with van der Waals surface area (Å²) in [5.41, 5.74) is 3.87. The van der Waals surface area contributed by atoms with Crippen molar-refractivity contribution in [2.24, 2.45) is 0 Å². The number of amides is 1. The topological polar surface area (TPSA) is 70.4 Å². The molecule has 0 aromatic heterocycles. The summed E-state index contributed by atoms with van der Waals surface area (Å²) in [7, 11) is 1.37. The summed E-state index contributed by atoms with van der Waals surface area (Å²) in [5, 5.41) is 8.85. The number of methoxy groups -OCH3 is 1. The van der Waals surface area contributed by atoms with Crippen molar-refractivity contribution in [1.29, 1.82) is 5.26 Å². The van der Waals surface area contributed by atoms with Crippen LogP contribution in [0.5, 0.6) is 0 Å². The quantitative estimate of drug-likeness (QED) is 0.795. The summed E-state index contributed by atoms with van der Waals surface area (Å²) in [4.78, 5) is 26.5. The van der Waals surface area contributed by atoms with Gasteiger partial charge in [0, 0.05) is 18.7 Å². The first-order valence-electron chi connectivity index (χ1n) is 8.63. The summed E-state index contributed by atoms with van der Waals surface area (Å²) in [6.07, 6.45) is 2.59. The number of ether oxygens (including phenoxy) is 1. The zero-order valence-electron chi connectivity index (χ0n) is 14.7. The fraction of sp³-hybridized carbons (Fsp3) is 0.286. The number of carbonyl (C=O) groups excluding carboxylic acids is 2. The molecule has 1 amide bonds. The van der Waals surface area contributed by atoms with Crippen molar-refractivity contribution < 1.29 is 14.3 Å². The van der Waals surface area contributed by atoms with Crippen molar-refractivity contribution >= 4 is 17.6 Å². The predicted octanol–water partition coefficient (Wildman–Crippen LogP) is 3.26. The van der Waals surface area contributed by atoms with E-state index in [9.17, 15) is 9.59 Å². The molecule has 0 radical (unpaired) electrons. The number of aryl methyl sites for hydroxylation is 1. The third kappa shape index (κ3) is 3.60. The Labute approximate surface area is 152 Å². The van der Waals surface area contributed by atoms with Gasteiger partial charge in [0.15, 0.2) is 0 Å². The van der Waals surface area contributed by atoms with Gasteiger partial charge < -0.3 is 9.64 Å². The fourth-order valence-corrected chi connectivity index (χ4v) is 3.32. The van der Waals surface area contributed by atoms with E-state index in [4.69, 9.17) is 10.00 Å². The molecule has 1 aliphatic heterocycles. The van der Waals surface area contributed by atoms with E-state index in [1.165, 1.54) is 7.11 Å². The highest BCUT2D eigenvalue weighted by Crippen LogP contribution is 2.31. The number of hydrogen-bond acceptors (Lipinski definition) is 4. The lowest BCUT2D eigenvalue weighted by Crippen LogP contribution is -2.36. The van der Waals surface area contributed by atoms with E-state index in [-0.39, 0.29) is 11.9 Å². The second-order valence-electron chi connectivity index (χ2n) is 6.25. The van der Waals surface area contributed by atoms with Crippen molar-refractivity contribution in [3.8, 4) is 6.07 Å². The minimum atomic E-state index is -0.367. The van der Waals surface area contributed by atoms with E-state index in [0.29, 0.717) is 30.5 Å². The van der Waals surface area contributed by atoms with Gasteiger partial charge in [0.25, 0.3) is 0 Å². The SMILES string of the molecule is COC(=O)c1cccc2c1CCCN2C(=O)CCc1ccc(C#N)cc1. The first-order chi connectivity index (χ1) is 12.6. The lowest BCUT2D eigenvalue weighted by atomic mass is 9.95. The highest BCUT2D eigenvalue weighted by molar-refractivity contribution is 5.98. The van der Waals surface area contributed by atoms with Crippen LogP contribution in [-0.4, -0.2) is 25.5 Å². The van der Waals surface area contributed by atoms with Gasteiger partial charge in [-0.3, -0.25) is 4.79 Å². The zero-order valence-corrected chi connectivity index (χ0v) is 14.7.